The van der Waals surface area contributed by atoms with E-state index in [4.69, 9.17) is 9.84 Å². The van der Waals surface area contributed by atoms with Crippen LogP contribution >= 0.6 is 0 Å². The zero-order chi connectivity index (χ0) is 26.7. The van der Waals surface area contributed by atoms with Gasteiger partial charge in [0.25, 0.3) is 0 Å². The predicted molar refractivity (Wildman–Crippen MR) is 148 cm³/mol. The number of aliphatic carboxylic acids is 1. The summed E-state index contributed by atoms with van der Waals surface area (Å²) in [5, 5.41) is 11.0. The molecule has 1 atom stereocenters. The van der Waals surface area contributed by atoms with Gasteiger partial charge in [-0.25, -0.2) is 0 Å². The lowest BCUT2D eigenvalue weighted by Crippen LogP contribution is -2.28. The van der Waals surface area contributed by atoms with E-state index in [0.29, 0.717) is 19.3 Å². The van der Waals surface area contributed by atoms with E-state index in [1.165, 1.54) is 64.2 Å². The molecule has 0 aliphatic heterocycles. The van der Waals surface area contributed by atoms with Crippen molar-refractivity contribution in [3.05, 3.63) is 12.2 Å². The zero-order valence-electron chi connectivity index (χ0n) is 23.4. The largest absolute Gasteiger partial charge is 0.480 e. The minimum atomic E-state index is -1.03. The minimum absolute atomic E-state index is 0.0308. The van der Waals surface area contributed by atoms with E-state index in [2.05, 4.69) is 31.3 Å². The van der Waals surface area contributed by atoms with Crippen LogP contribution < -0.4 is 5.32 Å². The molecule has 6 heteroatoms. The van der Waals surface area contributed by atoms with Crippen LogP contribution in [0.5, 0.6) is 0 Å². The lowest BCUT2D eigenvalue weighted by Gasteiger charge is -2.18. The van der Waals surface area contributed by atoms with Crippen molar-refractivity contribution in [2.45, 2.75) is 155 Å². The number of nitrogens with one attached hydrogen (secondary N) is 1. The van der Waals surface area contributed by atoms with E-state index in [1.54, 1.807) is 0 Å². The van der Waals surface area contributed by atoms with E-state index in [1.807, 2.05) is 0 Å². The number of rotatable bonds is 26. The molecule has 0 aliphatic rings. The first-order chi connectivity index (χ1) is 17.5. The third-order valence-electron chi connectivity index (χ3n) is 6.44. The molecule has 0 heterocycles. The smallest absolute Gasteiger partial charge is 0.322 e. The number of allylic oxidation sites excluding steroid dienone is 2. The first-order valence-electron chi connectivity index (χ1n) is 14.8. The molecular weight excluding hydrogens is 454 g/mol. The van der Waals surface area contributed by atoms with E-state index >= 15 is 0 Å². The van der Waals surface area contributed by atoms with Gasteiger partial charge in [-0.2, -0.15) is 0 Å². The van der Waals surface area contributed by atoms with Gasteiger partial charge in [0, 0.05) is 12.8 Å². The fourth-order valence-electron chi connectivity index (χ4n) is 4.20. The topological polar surface area (TPSA) is 92.7 Å². The minimum Gasteiger partial charge on any atom is -0.480 e. The van der Waals surface area contributed by atoms with Gasteiger partial charge in [0.05, 0.1) is 0 Å². The summed E-state index contributed by atoms with van der Waals surface area (Å²) in [5.74, 6) is -1.34. The third kappa shape index (κ3) is 25.2. The normalized spacial score (nSPS) is 12.1. The predicted octanol–water partition coefficient (Wildman–Crippen LogP) is 7.89. The summed E-state index contributed by atoms with van der Waals surface area (Å²) in [6.45, 7) is 4.06. The molecule has 0 bridgehead atoms. The maximum Gasteiger partial charge on any atom is 0.322 e. The Hall–Kier alpha value is -1.85. The summed E-state index contributed by atoms with van der Waals surface area (Å²) < 4.78 is 5.77. The van der Waals surface area contributed by atoms with Gasteiger partial charge in [0.2, 0.25) is 5.91 Å². The highest BCUT2D eigenvalue weighted by molar-refractivity contribution is 5.80. The Morgan fingerprint density at radius 3 is 1.86 bits per heavy atom. The van der Waals surface area contributed by atoms with Gasteiger partial charge in [0.1, 0.15) is 12.6 Å². The van der Waals surface area contributed by atoms with Crippen molar-refractivity contribution in [2.24, 2.45) is 0 Å². The SMILES string of the molecule is CCCCCCC/C=C\CCCCCCCC(=O)OC(CCCC)CCCCCC(=O)NCC(=O)O. The van der Waals surface area contributed by atoms with Crippen molar-refractivity contribution in [1.82, 2.24) is 5.32 Å². The van der Waals surface area contributed by atoms with Crippen LogP contribution in [-0.2, 0) is 19.1 Å². The molecule has 2 N–H and O–H groups in total. The van der Waals surface area contributed by atoms with Crippen LogP contribution in [0.1, 0.15) is 149 Å². The number of carbonyl (C=O) groups is 3. The molecule has 6 nitrogen and oxygen atoms in total. The second-order valence-electron chi connectivity index (χ2n) is 10.0. The summed E-state index contributed by atoms with van der Waals surface area (Å²) in [6.07, 6.45) is 26.6. The molecule has 1 amide bonds. The Morgan fingerprint density at radius 2 is 1.22 bits per heavy atom. The fourth-order valence-corrected chi connectivity index (χ4v) is 4.20. The summed E-state index contributed by atoms with van der Waals surface area (Å²) in [7, 11) is 0. The Morgan fingerprint density at radius 1 is 0.694 bits per heavy atom. The maximum atomic E-state index is 12.3. The second kappa shape index (κ2) is 26.2. The molecule has 0 spiro atoms. The molecule has 36 heavy (non-hydrogen) atoms. The standard InChI is InChI=1S/C30H55NO5/c1-3-5-7-8-9-10-11-12-13-14-15-16-17-21-25-30(35)36-27(22-6-4-2)23-19-18-20-24-28(32)31-26-29(33)34/h11-12,27H,3-10,13-26H2,1-2H3,(H,31,32)(H,33,34)/b12-11-. The number of hydrogen-bond donors (Lipinski definition) is 2. The molecule has 0 saturated carbocycles. The van der Waals surface area contributed by atoms with Crippen LogP contribution in [0.15, 0.2) is 12.2 Å². The number of amides is 1. The molecule has 0 aliphatic carbocycles. The van der Waals surface area contributed by atoms with E-state index in [-0.39, 0.29) is 24.5 Å². The van der Waals surface area contributed by atoms with E-state index in [9.17, 15) is 14.4 Å². The van der Waals surface area contributed by atoms with E-state index < -0.39 is 5.97 Å². The van der Waals surface area contributed by atoms with Gasteiger partial charge < -0.3 is 15.2 Å². The molecule has 0 fully saturated rings. The van der Waals surface area contributed by atoms with Gasteiger partial charge in [-0.1, -0.05) is 90.2 Å². The number of carbonyl (C=O) groups excluding carboxylic acids is 2. The highest BCUT2D eigenvalue weighted by atomic mass is 16.5. The van der Waals surface area contributed by atoms with Crippen LogP contribution in [0.25, 0.3) is 0 Å². The van der Waals surface area contributed by atoms with Crippen molar-refractivity contribution in [1.29, 1.82) is 0 Å². The number of ether oxygens (including phenoxy) is 1. The van der Waals surface area contributed by atoms with Crippen molar-refractivity contribution >= 4 is 17.8 Å². The van der Waals surface area contributed by atoms with Gasteiger partial charge in [-0.05, 0) is 57.8 Å². The van der Waals surface area contributed by atoms with Crippen LogP contribution in [0.4, 0.5) is 0 Å². The Kier molecular flexibility index (Phi) is 24.9. The summed E-state index contributed by atoms with van der Waals surface area (Å²) in [4.78, 5) is 34.3. The first kappa shape index (κ1) is 34.1. The number of hydrogen-bond acceptors (Lipinski definition) is 4. The average molecular weight is 510 g/mol. The van der Waals surface area contributed by atoms with Crippen molar-refractivity contribution in [2.75, 3.05) is 6.54 Å². The average Bonchev–Trinajstić information content (AvgIpc) is 2.85. The summed E-state index contributed by atoms with van der Waals surface area (Å²) >= 11 is 0. The van der Waals surface area contributed by atoms with Crippen molar-refractivity contribution < 1.29 is 24.2 Å². The molecule has 210 valence electrons. The van der Waals surface area contributed by atoms with Crippen molar-refractivity contribution in [3.63, 3.8) is 0 Å². The van der Waals surface area contributed by atoms with E-state index in [0.717, 1.165) is 51.4 Å². The zero-order valence-corrected chi connectivity index (χ0v) is 23.4. The van der Waals surface area contributed by atoms with Crippen molar-refractivity contribution in [3.8, 4) is 0 Å². The lowest BCUT2D eigenvalue weighted by atomic mass is 10.0. The maximum absolute atomic E-state index is 12.3. The Bertz CT molecular complexity index is 576. The number of esters is 1. The van der Waals surface area contributed by atoms with Gasteiger partial charge >= 0.3 is 11.9 Å². The van der Waals surface area contributed by atoms with Crippen LogP contribution in [-0.4, -0.2) is 35.6 Å². The molecule has 0 aromatic carbocycles. The summed E-state index contributed by atoms with van der Waals surface area (Å²) in [6, 6.07) is 0. The van der Waals surface area contributed by atoms with Crippen LogP contribution in [0, 0.1) is 0 Å². The molecule has 0 saturated heterocycles. The highest BCUT2D eigenvalue weighted by Crippen LogP contribution is 2.16. The fraction of sp³-hybridized carbons (Fsp3) is 0.833. The lowest BCUT2D eigenvalue weighted by molar-refractivity contribution is -0.150. The monoisotopic (exact) mass is 509 g/mol. The molecule has 0 rings (SSSR count). The van der Waals surface area contributed by atoms with Gasteiger partial charge in [-0.15, -0.1) is 0 Å². The van der Waals surface area contributed by atoms with Crippen LogP contribution in [0.2, 0.25) is 0 Å². The molecular formula is C30H55NO5. The van der Waals surface area contributed by atoms with Gasteiger partial charge in [-0.3, -0.25) is 14.4 Å². The highest BCUT2D eigenvalue weighted by Gasteiger charge is 2.14. The number of carboxylic acid groups (broad SMARTS) is 1. The second-order valence-corrected chi connectivity index (χ2v) is 10.0. The number of unbranched alkanes of at least 4 members (excludes halogenated alkanes) is 13. The molecule has 0 aromatic heterocycles. The van der Waals surface area contributed by atoms with Crippen LogP contribution in [0.3, 0.4) is 0 Å². The quantitative estimate of drug-likeness (QED) is 0.0702. The van der Waals surface area contributed by atoms with Gasteiger partial charge in [0.15, 0.2) is 0 Å². The Labute approximate surface area is 221 Å². The molecule has 0 radical (unpaired) electrons. The number of carboxylic acids is 1. The molecule has 1 unspecified atom stereocenters. The molecule has 0 aromatic rings. The first-order valence-corrected chi connectivity index (χ1v) is 14.8. The third-order valence-corrected chi connectivity index (χ3v) is 6.44. The summed E-state index contributed by atoms with van der Waals surface area (Å²) in [5.41, 5.74) is 0. The Balaban J connectivity index is 3.79.